The van der Waals surface area contributed by atoms with E-state index in [1.165, 1.54) is 31.2 Å². The third-order valence-corrected chi connectivity index (χ3v) is 7.07. The number of hydrogen-bond acceptors (Lipinski definition) is 5. The second-order valence-electron chi connectivity index (χ2n) is 9.39. The first-order valence-corrected chi connectivity index (χ1v) is 12.3. The molecule has 7 heteroatoms. The Morgan fingerprint density at radius 1 is 1.09 bits per heavy atom. The van der Waals surface area contributed by atoms with Gasteiger partial charge in [-0.2, -0.15) is 5.26 Å². The molecule has 0 N–H and O–H groups in total. The van der Waals surface area contributed by atoms with Crippen LogP contribution in [0.15, 0.2) is 49.2 Å². The van der Waals surface area contributed by atoms with E-state index in [1.54, 1.807) is 18.6 Å². The number of aryl methyl sites for hydroxylation is 2. The Morgan fingerprint density at radius 2 is 1.94 bits per heavy atom. The second-order valence-corrected chi connectivity index (χ2v) is 9.83. The zero-order valence-corrected chi connectivity index (χ0v) is 20.0. The van der Waals surface area contributed by atoms with Crippen LogP contribution in [0.25, 0.3) is 22.3 Å². The van der Waals surface area contributed by atoms with Crippen LogP contribution in [0.1, 0.15) is 49.6 Å². The Morgan fingerprint density at radius 3 is 2.68 bits per heavy atom. The number of nitrogens with zero attached hydrogens (tertiary/aromatic N) is 6. The van der Waals surface area contributed by atoms with Crippen molar-refractivity contribution in [3.05, 3.63) is 71.2 Å². The normalized spacial score (nSPS) is 18.1. The third kappa shape index (κ3) is 4.80. The first-order valence-electron chi connectivity index (χ1n) is 11.9. The zero-order valence-electron chi connectivity index (χ0n) is 19.3. The van der Waals surface area contributed by atoms with Crippen LogP contribution in [0.3, 0.4) is 0 Å². The number of rotatable bonds is 6. The molecule has 5 rings (SSSR count). The molecule has 4 heterocycles. The molecule has 1 saturated carbocycles. The molecule has 6 nitrogen and oxygen atoms in total. The molecule has 0 atom stereocenters. The van der Waals surface area contributed by atoms with Crippen molar-refractivity contribution < 1.29 is 0 Å². The van der Waals surface area contributed by atoms with Crippen LogP contribution >= 0.6 is 11.6 Å². The lowest BCUT2D eigenvalue weighted by molar-refractivity contribution is 0.267. The summed E-state index contributed by atoms with van der Waals surface area (Å²) in [7, 11) is 0. The van der Waals surface area contributed by atoms with Gasteiger partial charge in [0, 0.05) is 43.1 Å². The van der Waals surface area contributed by atoms with Crippen LogP contribution in [-0.2, 0) is 19.4 Å². The molecular formula is C27H27ClN6. The number of aromatic nitrogens is 5. The van der Waals surface area contributed by atoms with E-state index in [0.29, 0.717) is 16.6 Å². The maximum absolute atomic E-state index is 9.68. The van der Waals surface area contributed by atoms with Crippen molar-refractivity contribution in [2.75, 3.05) is 0 Å². The van der Waals surface area contributed by atoms with Crippen LogP contribution in [0, 0.1) is 23.2 Å². The molecule has 0 unspecified atom stereocenters. The number of fused-ring (bicyclic) bond motifs is 1. The Labute approximate surface area is 204 Å². The van der Waals surface area contributed by atoms with Gasteiger partial charge in [-0.1, -0.05) is 37.4 Å². The molecule has 172 valence electrons. The average Bonchev–Trinajstić information content (AvgIpc) is 3.21. The molecule has 0 spiro atoms. The first kappa shape index (κ1) is 22.5. The van der Waals surface area contributed by atoms with E-state index < -0.39 is 0 Å². The maximum atomic E-state index is 9.68. The van der Waals surface area contributed by atoms with E-state index in [2.05, 4.69) is 49.8 Å². The highest BCUT2D eigenvalue weighted by Gasteiger charge is 2.23. The lowest BCUT2D eigenvalue weighted by Crippen LogP contribution is -2.17. The molecule has 1 fully saturated rings. The molecule has 0 aliphatic heterocycles. The Kier molecular flexibility index (Phi) is 6.55. The van der Waals surface area contributed by atoms with Gasteiger partial charge < -0.3 is 4.57 Å². The molecule has 1 aliphatic rings. The van der Waals surface area contributed by atoms with Gasteiger partial charge >= 0.3 is 0 Å². The van der Waals surface area contributed by atoms with E-state index in [0.717, 1.165) is 47.5 Å². The highest BCUT2D eigenvalue weighted by atomic mass is 35.5. The smallest absolute Gasteiger partial charge is 0.233 e. The number of hydrogen-bond donors (Lipinski definition) is 0. The monoisotopic (exact) mass is 470 g/mol. The molecule has 4 aromatic rings. The van der Waals surface area contributed by atoms with Crippen molar-refractivity contribution in [2.45, 2.75) is 52.0 Å². The van der Waals surface area contributed by atoms with Crippen molar-refractivity contribution in [1.82, 2.24) is 24.5 Å². The molecule has 34 heavy (non-hydrogen) atoms. The summed E-state index contributed by atoms with van der Waals surface area (Å²) in [6.45, 7) is 3.27. The van der Waals surface area contributed by atoms with Gasteiger partial charge in [0.05, 0.1) is 16.1 Å². The predicted octanol–water partition coefficient (Wildman–Crippen LogP) is 6.02. The largest absolute Gasteiger partial charge is 0.344 e. The van der Waals surface area contributed by atoms with Gasteiger partial charge in [-0.15, -0.1) is 0 Å². The quantitative estimate of drug-likeness (QED) is 0.344. The summed E-state index contributed by atoms with van der Waals surface area (Å²) in [4.78, 5) is 17.8. The lowest BCUT2D eigenvalue weighted by Gasteiger charge is -2.26. The number of pyridine rings is 2. The van der Waals surface area contributed by atoms with E-state index in [9.17, 15) is 5.26 Å². The Balaban J connectivity index is 1.61. The van der Waals surface area contributed by atoms with E-state index >= 15 is 0 Å². The molecule has 1 aliphatic carbocycles. The highest BCUT2D eigenvalue weighted by molar-refractivity contribution is 6.30. The summed E-state index contributed by atoms with van der Waals surface area (Å²) in [6.07, 6.45) is 16.0. The number of halogens is 1. The average molecular weight is 471 g/mol. The summed E-state index contributed by atoms with van der Waals surface area (Å²) in [5.41, 5.74) is 5.62. The fourth-order valence-corrected chi connectivity index (χ4v) is 5.17. The van der Waals surface area contributed by atoms with Gasteiger partial charge in [0.2, 0.25) is 5.82 Å². The van der Waals surface area contributed by atoms with Crippen LogP contribution in [0.5, 0.6) is 0 Å². The predicted molar refractivity (Wildman–Crippen MR) is 133 cm³/mol. The maximum Gasteiger partial charge on any atom is 0.233 e. The van der Waals surface area contributed by atoms with E-state index in [-0.39, 0.29) is 5.82 Å². The molecule has 0 saturated heterocycles. The summed E-state index contributed by atoms with van der Waals surface area (Å²) < 4.78 is 2.31. The minimum absolute atomic E-state index is 0.161. The third-order valence-electron chi connectivity index (χ3n) is 6.86. The summed E-state index contributed by atoms with van der Waals surface area (Å²) in [6, 6.07) is 8.05. The van der Waals surface area contributed by atoms with Crippen LogP contribution < -0.4 is 0 Å². The lowest BCUT2D eigenvalue weighted by atomic mass is 9.83. The van der Waals surface area contributed by atoms with Gasteiger partial charge in [-0.05, 0) is 60.8 Å². The van der Waals surface area contributed by atoms with Crippen LogP contribution in [0.4, 0.5) is 0 Å². The van der Waals surface area contributed by atoms with E-state index in [4.69, 9.17) is 11.6 Å². The first-order chi connectivity index (χ1) is 16.6. The zero-order chi connectivity index (χ0) is 23.5. The molecule has 4 aromatic heterocycles. The minimum Gasteiger partial charge on any atom is -0.344 e. The molecule has 0 radical (unpaired) electrons. The summed E-state index contributed by atoms with van der Waals surface area (Å²) >= 11 is 6.27. The van der Waals surface area contributed by atoms with Crippen molar-refractivity contribution in [3.63, 3.8) is 0 Å². The fraction of sp³-hybridized carbons (Fsp3) is 0.370. The molecule has 0 amide bonds. The molecule has 0 aromatic carbocycles. The van der Waals surface area contributed by atoms with Gasteiger partial charge in [0.1, 0.15) is 11.8 Å². The van der Waals surface area contributed by atoms with Crippen molar-refractivity contribution in [2.24, 2.45) is 11.8 Å². The SMILES string of the molecule is CC1CCC(Cn2cc(CCc3cccnc3)c3nc(C#N)nc(-c4cncc(Cl)c4)c32)CC1. The van der Waals surface area contributed by atoms with Gasteiger partial charge in [-0.25, -0.2) is 9.97 Å². The van der Waals surface area contributed by atoms with Crippen molar-refractivity contribution in [1.29, 1.82) is 5.26 Å². The standard InChI is InChI=1S/C27H27ClN6/c1-18-4-6-20(7-5-18)16-34-17-21(9-8-19-3-2-10-30-13-19)25-27(34)26(33-24(12-29)32-25)22-11-23(28)15-31-14-22/h2-3,10-11,13-15,17-18,20H,4-9,16H2,1H3. The number of nitriles is 1. The minimum atomic E-state index is 0.161. The molecular weight excluding hydrogens is 444 g/mol. The fourth-order valence-electron chi connectivity index (χ4n) is 5.00. The highest BCUT2D eigenvalue weighted by Crippen LogP contribution is 2.34. The summed E-state index contributed by atoms with van der Waals surface area (Å²) in [5, 5.41) is 10.2. The Bertz CT molecular complexity index is 1330. The van der Waals surface area contributed by atoms with Gasteiger partial charge in [-0.3, -0.25) is 9.97 Å². The van der Waals surface area contributed by atoms with Crippen molar-refractivity contribution in [3.8, 4) is 17.3 Å². The van der Waals surface area contributed by atoms with Gasteiger partial charge in [0.25, 0.3) is 0 Å². The molecule has 0 bridgehead atoms. The summed E-state index contributed by atoms with van der Waals surface area (Å²) in [5.74, 6) is 1.59. The van der Waals surface area contributed by atoms with Crippen molar-refractivity contribution >= 4 is 22.6 Å². The van der Waals surface area contributed by atoms with Crippen LogP contribution in [0.2, 0.25) is 5.02 Å². The van der Waals surface area contributed by atoms with Gasteiger partial charge in [0.15, 0.2) is 0 Å². The second kappa shape index (κ2) is 9.90. The van der Waals surface area contributed by atoms with E-state index in [1.807, 2.05) is 18.3 Å². The Hall–Kier alpha value is -3.30. The van der Waals surface area contributed by atoms with Crippen LogP contribution in [-0.4, -0.2) is 24.5 Å². The topological polar surface area (TPSA) is 80.3 Å².